The molecule has 0 spiro atoms. The molecule has 100 valence electrons. The van der Waals surface area contributed by atoms with Crippen LogP contribution in [0.5, 0.6) is 0 Å². The molecule has 4 nitrogen and oxygen atoms in total. The van der Waals surface area contributed by atoms with Gasteiger partial charge in [0.05, 0.1) is 0 Å². The maximum absolute atomic E-state index is 12.3. The molecule has 0 fully saturated rings. The number of pyridine rings is 1. The maximum atomic E-state index is 12.3. The summed E-state index contributed by atoms with van der Waals surface area (Å²) in [6, 6.07) is 3.10. The predicted molar refractivity (Wildman–Crippen MR) is 72.7 cm³/mol. The van der Waals surface area contributed by atoms with Crippen molar-refractivity contribution in [2.45, 2.75) is 27.2 Å². The van der Waals surface area contributed by atoms with Crippen LogP contribution in [0.2, 0.25) is 0 Å². The zero-order valence-corrected chi connectivity index (χ0v) is 11.6. The minimum absolute atomic E-state index is 0.0597. The van der Waals surface area contributed by atoms with Gasteiger partial charge in [-0.3, -0.25) is 9.59 Å². The molecule has 0 radical (unpaired) electrons. The molecule has 4 heteroatoms. The molecule has 1 heterocycles. The third-order valence-corrected chi connectivity index (χ3v) is 3.25. The first-order valence-corrected chi connectivity index (χ1v) is 6.45. The molecule has 0 N–H and O–H groups in total. The van der Waals surface area contributed by atoms with Crippen molar-refractivity contribution >= 4 is 5.91 Å². The summed E-state index contributed by atoms with van der Waals surface area (Å²) >= 11 is 0. The predicted octanol–water partition coefficient (Wildman–Crippen LogP) is 1.89. The summed E-state index contributed by atoms with van der Waals surface area (Å²) in [5.74, 6) is 0.413. The molecular formula is C14H22N2O2. The summed E-state index contributed by atoms with van der Waals surface area (Å²) in [5, 5.41) is 0. The van der Waals surface area contributed by atoms with Crippen LogP contribution in [0, 0.1) is 5.92 Å². The van der Waals surface area contributed by atoms with Crippen LogP contribution < -0.4 is 5.56 Å². The Labute approximate surface area is 108 Å². The summed E-state index contributed by atoms with van der Waals surface area (Å²) in [7, 11) is 1.67. The molecule has 0 aliphatic carbocycles. The highest BCUT2D eigenvalue weighted by atomic mass is 16.2. The van der Waals surface area contributed by atoms with Crippen LogP contribution in [0.25, 0.3) is 0 Å². The topological polar surface area (TPSA) is 42.3 Å². The quantitative estimate of drug-likeness (QED) is 0.801. The van der Waals surface area contributed by atoms with E-state index < -0.39 is 0 Å². The Morgan fingerprint density at radius 2 is 2.11 bits per heavy atom. The van der Waals surface area contributed by atoms with Crippen molar-refractivity contribution in [3.8, 4) is 0 Å². The van der Waals surface area contributed by atoms with Gasteiger partial charge in [-0.1, -0.05) is 20.3 Å². The lowest BCUT2D eigenvalue weighted by atomic mass is 10.1. The lowest BCUT2D eigenvalue weighted by Crippen LogP contribution is -2.35. The second kappa shape index (κ2) is 6.38. The molecule has 1 rings (SSSR count). The Morgan fingerprint density at radius 1 is 1.44 bits per heavy atom. The van der Waals surface area contributed by atoms with Crippen molar-refractivity contribution in [3.05, 3.63) is 34.2 Å². The first-order valence-electron chi connectivity index (χ1n) is 6.45. The number of carbonyl (C=O) groups excluding carboxylic acids is 1. The highest BCUT2D eigenvalue weighted by Crippen LogP contribution is 2.08. The number of aromatic nitrogens is 1. The van der Waals surface area contributed by atoms with Gasteiger partial charge in [-0.25, -0.2) is 0 Å². The Morgan fingerprint density at radius 3 is 2.61 bits per heavy atom. The molecule has 1 unspecified atom stereocenters. The van der Waals surface area contributed by atoms with Gasteiger partial charge in [0.1, 0.15) is 0 Å². The van der Waals surface area contributed by atoms with Gasteiger partial charge in [0, 0.05) is 38.0 Å². The minimum atomic E-state index is -0.152. The molecule has 1 aromatic rings. The fraction of sp³-hybridized carbons (Fsp3) is 0.571. The molecule has 18 heavy (non-hydrogen) atoms. The molecule has 1 amide bonds. The van der Waals surface area contributed by atoms with Crippen molar-refractivity contribution in [2.75, 3.05) is 13.1 Å². The lowest BCUT2D eigenvalue weighted by Gasteiger charge is -2.24. The van der Waals surface area contributed by atoms with Gasteiger partial charge >= 0.3 is 0 Å². The highest BCUT2D eigenvalue weighted by Gasteiger charge is 2.16. The molecule has 0 saturated heterocycles. The van der Waals surface area contributed by atoms with Gasteiger partial charge in [-0.15, -0.1) is 0 Å². The number of aryl methyl sites for hydroxylation is 1. The van der Waals surface area contributed by atoms with Crippen LogP contribution in [-0.2, 0) is 7.05 Å². The third-order valence-electron chi connectivity index (χ3n) is 3.25. The largest absolute Gasteiger partial charge is 0.339 e. The standard InChI is InChI=1S/C14H22N2O2/c1-5-11(3)10-16(6-2)14(18)12-7-8-15(4)13(17)9-12/h7-9,11H,5-6,10H2,1-4H3. The van der Waals surface area contributed by atoms with E-state index in [1.54, 1.807) is 24.2 Å². The minimum Gasteiger partial charge on any atom is -0.339 e. The van der Waals surface area contributed by atoms with Crippen LogP contribution in [0.4, 0.5) is 0 Å². The van der Waals surface area contributed by atoms with E-state index >= 15 is 0 Å². The second-order valence-corrected chi connectivity index (χ2v) is 4.72. The summed E-state index contributed by atoms with van der Waals surface area (Å²) in [6.45, 7) is 7.60. The maximum Gasteiger partial charge on any atom is 0.254 e. The average molecular weight is 250 g/mol. The molecule has 0 aromatic carbocycles. The second-order valence-electron chi connectivity index (χ2n) is 4.72. The van der Waals surface area contributed by atoms with Crippen molar-refractivity contribution in [2.24, 2.45) is 13.0 Å². The summed E-state index contributed by atoms with van der Waals surface area (Å²) in [4.78, 5) is 25.6. The van der Waals surface area contributed by atoms with E-state index in [1.165, 1.54) is 10.6 Å². The van der Waals surface area contributed by atoms with Gasteiger partial charge in [0.15, 0.2) is 0 Å². The van der Waals surface area contributed by atoms with Crippen LogP contribution in [0.1, 0.15) is 37.6 Å². The van der Waals surface area contributed by atoms with Gasteiger partial charge in [-0.2, -0.15) is 0 Å². The fourth-order valence-corrected chi connectivity index (χ4v) is 1.73. The molecule has 0 saturated carbocycles. The lowest BCUT2D eigenvalue weighted by molar-refractivity contribution is 0.0740. The van der Waals surface area contributed by atoms with Gasteiger partial charge in [-0.05, 0) is 18.9 Å². The van der Waals surface area contributed by atoms with E-state index in [9.17, 15) is 9.59 Å². The number of rotatable bonds is 5. The zero-order valence-electron chi connectivity index (χ0n) is 11.6. The van der Waals surface area contributed by atoms with Crippen LogP contribution in [0.15, 0.2) is 23.1 Å². The summed E-state index contributed by atoms with van der Waals surface area (Å²) < 4.78 is 1.46. The van der Waals surface area contributed by atoms with Crippen molar-refractivity contribution in [3.63, 3.8) is 0 Å². The van der Waals surface area contributed by atoms with E-state index in [0.29, 0.717) is 18.0 Å². The average Bonchev–Trinajstić information content (AvgIpc) is 2.38. The van der Waals surface area contributed by atoms with E-state index in [1.807, 2.05) is 6.92 Å². The first-order chi connectivity index (χ1) is 8.49. The van der Waals surface area contributed by atoms with Crippen molar-refractivity contribution in [1.82, 2.24) is 9.47 Å². The zero-order chi connectivity index (χ0) is 13.7. The molecular weight excluding hydrogens is 228 g/mol. The number of hydrogen-bond donors (Lipinski definition) is 0. The highest BCUT2D eigenvalue weighted by molar-refractivity contribution is 5.94. The SMILES string of the molecule is CCC(C)CN(CC)C(=O)c1ccn(C)c(=O)c1. The Kier molecular flexibility index (Phi) is 5.13. The van der Waals surface area contributed by atoms with Crippen LogP contribution >= 0.6 is 0 Å². The number of nitrogens with zero attached hydrogens (tertiary/aromatic N) is 2. The van der Waals surface area contributed by atoms with Crippen molar-refractivity contribution in [1.29, 1.82) is 0 Å². The van der Waals surface area contributed by atoms with E-state index in [-0.39, 0.29) is 11.5 Å². The van der Waals surface area contributed by atoms with E-state index in [4.69, 9.17) is 0 Å². The van der Waals surface area contributed by atoms with E-state index in [2.05, 4.69) is 13.8 Å². The molecule has 0 aliphatic rings. The van der Waals surface area contributed by atoms with E-state index in [0.717, 1.165) is 13.0 Å². The Hall–Kier alpha value is -1.58. The van der Waals surface area contributed by atoms with Crippen molar-refractivity contribution < 1.29 is 4.79 Å². The Bertz CT molecular complexity index is 465. The summed E-state index contributed by atoms with van der Waals surface area (Å²) in [5.41, 5.74) is 0.323. The van der Waals surface area contributed by atoms with Gasteiger partial charge < -0.3 is 9.47 Å². The monoisotopic (exact) mass is 250 g/mol. The Balaban J connectivity index is 2.89. The smallest absolute Gasteiger partial charge is 0.254 e. The number of amides is 1. The summed E-state index contributed by atoms with van der Waals surface area (Å²) in [6.07, 6.45) is 2.67. The molecule has 1 atom stereocenters. The molecule has 1 aromatic heterocycles. The molecule has 0 aliphatic heterocycles. The van der Waals surface area contributed by atoms with Crippen LogP contribution in [-0.4, -0.2) is 28.5 Å². The van der Waals surface area contributed by atoms with Crippen LogP contribution in [0.3, 0.4) is 0 Å². The normalized spacial score (nSPS) is 12.2. The van der Waals surface area contributed by atoms with Gasteiger partial charge in [0.2, 0.25) is 0 Å². The fourth-order valence-electron chi connectivity index (χ4n) is 1.73. The number of hydrogen-bond acceptors (Lipinski definition) is 2. The third kappa shape index (κ3) is 3.45. The molecule has 0 bridgehead atoms. The van der Waals surface area contributed by atoms with Gasteiger partial charge in [0.25, 0.3) is 11.5 Å². The number of carbonyl (C=O) groups is 1. The first kappa shape index (κ1) is 14.5.